The molecule has 608 valence electrons. The second-order valence-electron chi connectivity index (χ2n) is 30.0. The average molecular weight is 1500 g/mol. The maximum atomic E-state index is 13.1. The summed E-state index contributed by atoms with van der Waals surface area (Å²) in [6, 6.07) is 0. The lowest BCUT2D eigenvalue weighted by atomic mass is 10.0. The summed E-state index contributed by atoms with van der Waals surface area (Å²) >= 11 is 0. The van der Waals surface area contributed by atoms with E-state index in [9.17, 15) is 43.2 Å². The number of unbranched alkanes of at least 4 members (excludes halogenated alkanes) is 51. The smallest absolute Gasteiger partial charge is 0.462 e. The highest BCUT2D eigenvalue weighted by Gasteiger charge is 2.30. The fraction of sp³-hybridized carbons (Fsp3) is 0.905. The third kappa shape index (κ3) is 77.5. The number of phosphoric acid groups is 2. The van der Waals surface area contributed by atoms with Gasteiger partial charge in [-0.1, -0.05) is 374 Å². The quantitative estimate of drug-likeness (QED) is 0.0169. The standard InChI is InChI=1S/C84H160O17P2/c1-6-9-12-15-18-21-24-26-28-29-30-31-32-33-34-36-38-44-49-54-59-64-69-83(88)100-80(74-95-82(87)68-63-58-53-48-43-37-35-27-25-22-19-16-13-10-7-2)76-99-103(92,93)97-72-78(85)71-96-102(90,91)98-75-79(73-94-81(86)67-62-57-52-47-41-23-20-17-14-11-8-3)101-84(89)70-65-60-55-50-45-40-39-42-46-51-56-61-66-77(4)5/h22,25,27,35,77-80,85H,6-21,23-24,26,28-34,36-76H2,1-5H3,(H,90,91)(H,92,93)/b25-22-,35-27-/t78-,79+,80+/m0/s1. The second-order valence-corrected chi connectivity index (χ2v) is 32.9. The molecule has 0 aliphatic rings. The Morgan fingerprint density at radius 2 is 0.524 bits per heavy atom. The second kappa shape index (κ2) is 76.3. The molecule has 0 rings (SSSR count). The van der Waals surface area contributed by atoms with Gasteiger partial charge in [-0.3, -0.25) is 37.3 Å². The van der Waals surface area contributed by atoms with Crippen LogP contribution in [-0.2, 0) is 65.4 Å². The molecule has 0 spiro atoms. The van der Waals surface area contributed by atoms with Crippen molar-refractivity contribution in [3.05, 3.63) is 24.3 Å². The molecule has 0 radical (unpaired) electrons. The van der Waals surface area contributed by atoms with E-state index in [0.29, 0.717) is 25.7 Å². The fourth-order valence-electron chi connectivity index (χ4n) is 12.6. The van der Waals surface area contributed by atoms with Gasteiger partial charge in [0.1, 0.15) is 19.3 Å². The molecule has 0 heterocycles. The van der Waals surface area contributed by atoms with Crippen molar-refractivity contribution in [3.63, 3.8) is 0 Å². The molecule has 0 aliphatic heterocycles. The first-order valence-corrected chi connectivity index (χ1v) is 45.9. The number of esters is 4. The molecule has 0 fully saturated rings. The van der Waals surface area contributed by atoms with Crippen LogP contribution in [0.4, 0.5) is 0 Å². The minimum Gasteiger partial charge on any atom is -0.462 e. The van der Waals surface area contributed by atoms with Crippen LogP contribution in [0.2, 0.25) is 0 Å². The molecule has 0 saturated carbocycles. The zero-order valence-electron chi connectivity index (χ0n) is 66.9. The molecule has 3 N–H and O–H groups in total. The number of hydrogen-bond acceptors (Lipinski definition) is 15. The minimum atomic E-state index is -4.97. The van der Waals surface area contributed by atoms with E-state index < -0.39 is 97.5 Å². The summed E-state index contributed by atoms with van der Waals surface area (Å²) in [6.45, 7) is 7.28. The topological polar surface area (TPSA) is 237 Å². The molecule has 0 aliphatic carbocycles. The molecular formula is C84H160O17P2. The Kier molecular flexibility index (Phi) is 74.5. The normalized spacial score (nSPS) is 14.0. The lowest BCUT2D eigenvalue weighted by Gasteiger charge is -2.21. The average Bonchev–Trinajstić information content (AvgIpc) is 0.946. The summed E-state index contributed by atoms with van der Waals surface area (Å²) in [5.74, 6) is -1.36. The Labute approximate surface area is 631 Å². The van der Waals surface area contributed by atoms with Gasteiger partial charge in [0.15, 0.2) is 12.2 Å². The minimum absolute atomic E-state index is 0.102. The first kappa shape index (κ1) is 101. The van der Waals surface area contributed by atoms with Crippen molar-refractivity contribution < 1.29 is 80.2 Å². The van der Waals surface area contributed by atoms with Crippen molar-refractivity contribution in [1.29, 1.82) is 0 Å². The Morgan fingerprint density at radius 3 is 0.796 bits per heavy atom. The largest absolute Gasteiger partial charge is 0.472 e. The first-order chi connectivity index (χ1) is 50.0. The number of aliphatic hydroxyl groups is 1. The third-order valence-electron chi connectivity index (χ3n) is 19.2. The van der Waals surface area contributed by atoms with Gasteiger partial charge < -0.3 is 33.8 Å². The predicted octanol–water partition coefficient (Wildman–Crippen LogP) is 25.1. The molecule has 0 aromatic rings. The van der Waals surface area contributed by atoms with Crippen molar-refractivity contribution in [1.82, 2.24) is 0 Å². The van der Waals surface area contributed by atoms with Crippen molar-refractivity contribution in [2.24, 2.45) is 5.92 Å². The van der Waals surface area contributed by atoms with Gasteiger partial charge in [-0.25, -0.2) is 9.13 Å². The van der Waals surface area contributed by atoms with Crippen LogP contribution >= 0.6 is 15.6 Å². The zero-order chi connectivity index (χ0) is 75.5. The molecule has 0 bridgehead atoms. The number of carbonyl (C=O) groups excluding carboxylic acids is 4. The number of carbonyl (C=O) groups is 4. The van der Waals surface area contributed by atoms with Gasteiger partial charge in [-0.15, -0.1) is 0 Å². The number of hydrogen-bond donors (Lipinski definition) is 3. The van der Waals surface area contributed by atoms with E-state index in [1.54, 1.807) is 0 Å². The summed E-state index contributed by atoms with van der Waals surface area (Å²) in [6.07, 6.45) is 71.6. The lowest BCUT2D eigenvalue weighted by Crippen LogP contribution is -2.30. The SMILES string of the molecule is CCCCCC/C=C\C=C/CCCCCCCC(=O)OC[C@H](COP(=O)(O)OC[C@@H](O)COP(=O)(O)OC[C@@H](COC(=O)CCCCCCCCCCCCC)OC(=O)CCCCCCCCCCCCCCC(C)C)OC(=O)CCCCCCCCCCCCCCCCCCCCCCCC. The van der Waals surface area contributed by atoms with Crippen molar-refractivity contribution in [2.75, 3.05) is 39.6 Å². The number of rotatable bonds is 82. The first-order valence-electron chi connectivity index (χ1n) is 43.0. The fourth-order valence-corrected chi connectivity index (χ4v) is 14.2. The summed E-state index contributed by atoms with van der Waals surface area (Å²) < 4.78 is 68.8. The van der Waals surface area contributed by atoms with E-state index in [1.165, 1.54) is 231 Å². The molecule has 17 nitrogen and oxygen atoms in total. The Balaban J connectivity index is 5.25. The van der Waals surface area contributed by atoms with Crippen LogP contribution in [0.5, 0.6) is 0 Å². The van der Waals surface area contributed by atoms with Gasteiger partial charge >= 0.3 is 39.5 Å². The highest BCUT2D eigenvalue weighted by atomic mass is 31.2. The Morgan fingerprint density at radius 1 is 0.301 bits per heavy atom. The number of allylic oxidation sites excluding steroid dienone is 4. The summed E-state index contributed by atoms with van der Waals surface area (Å²) in [5, 5.41) is 10.7. The van der Waals surface area contributed by atoms with E-state index >= 15 is 0 Å². The highest BCUT2D eigenvalue weighted by molar-refractivity contribution is 7.47. The van der Waals surface area contributed by atoms with Crippen LogP contribution in [0.25, 0.3) is 0 Å². The van der Waals surface area contributed by atoms with Gasteiger partial charge in [-0.2, -0.15) is 0 Å². The molecule has 19 heteroatoms. The van der Waals surface area contributed by atoms with Crippen LogP contribution < -0.4 is 0 Å². The van der Waals surface area contributed by atoms with Gasteiger partial charge in [0, 0.05) is 25.7 Å². The summed E-state index contributed by atoms with van der Waals surface area (Å²) in [7, 11) is -9.93. The molecular weight excluding hydrogens is 1340 g/mol. The van der Waals surface area contributed by atoms with E-state index in [2.05, 4.69) is 58.9 Å². The van der Waals surface area contributed by atoms with Gasteiger partial charge in [0.05, 0.1) is 26.4 Å². The maximum Gasteiger partial charge on any atom is 0.472 e. The van der Waals surface area contributed by atoms with E-state index in [-0.39, 0.29) is 25.7 Å². The third-order valence-corrected chi connectivity index (χ3v) is 21.1. The Bertz CT molecular complexity index is 2060. The van der Waals surface area contributed by atoms with Crippen LogP contribution in [0.15, 0.2) is 24.3 Å². The summed E-state index contributed by atoms with van der Waals surface area (Å²) in [4.78, 5) is 73.1. The van der Waals surface area contributed by atoms with Crippen molar-refractivity contribution in [2.45, 2.75) is 445 Å². The molecule has 0 amide bonds. The molecule has 0 aromatic carbocycles. The van der Waals surface area contributed by atoms with Gasteiger partial charge in [-0.05, 0) is 57.3 Å². The van der Waals surface area contributed by atoms with Crippen LogP contribution in [-0.4, -0.2) is 96.7 Å². The molecule has 0 saturated heterocycles. The molecule has 103 heavy (non-hydrogen) atoms. The maximum absolute atomic E-state index is 13.1. The van der Waals surface area contributed by atoms with Crippen LogP contribution in [0.1, 0.15) is 426 Å². The lowest BCUT2D eigenvalue weighted by molar-refractivity contribution is -0.161. The van der Waals surface area contributed by atoms with Crippen molar-refractivity contribution in [3.8, 4) is 0 Å². The highest BCUT2D eigenvalue weighted by Crippen LogP contribution is 2.45. The number of phosphoric ester groups is 2. The summed E-state index contributed by atoms with van der Waals surface area (Å²) in [5.41, 5.74) is 0. The Hall–Kier alpha value is -2.46. The molecule has 0 aromatic heterocycles. The van der Waals surface area contributed by atoms with Crippen molar-refractivity contribution >= 4 is 39.5 Å². The number of aliphatic hydroxyl groups excluding tert-OH is 1. The number of ether oxygens (including phenoxy) is 4. The van der Waals surface area contributed by atoms with Gasteiger partial charge in [0.25, 0.3) is 0 Å². The van der Waals surface area contributed by atoms with E-state index in [0.717, 1.165) is 115 Å². The van der Waals surface area contributed by atoms with Crippen LogP contribution in [0.3, 0.4) is 0 Å². The zero-order valence-corrected chi connectivity index (χ0v) is 68.7. The van der Waals surface area contributed by atoms with E-state index in [1.807, 2.05) is 0 Å². The van der Waals surface area contributed by atoms with Crippen LogP contribution in [0, 0.1) is 5.92 Å². The van der Waals surface area contributed by atoms with Gasteiger partial charge in [0.2, 0.25) is 0 Å². The molecule has 5 atom stereocenters. The van der Waals surface area contributed by atoms with E-state index in [4.69, 9.17) is 37.0 Å². The monoisotopic (exact) mass is 1500 g/mol. The predicted molar refractivity (Wildman–Crippen MR) is 423 cm³/mol. The molecule has 2 unspecified atom stereocenters.